The van der Waals surface area contributed by atoms with Crippen LogP contribution in [0, 0.1) is 0 Å². The van der Waals surface area contributed by atoms with Gasteiger partial charge in [-0.15, -0.1) is 0 Å². The van der Waals surface area contributed by atoms with E-state index in [9.17, 15) is 0 Å². The van der Waals surface area contributed by atoms with Crippen LogP contribution in [0.3, 0.4) is 0 Å². The van der Waals surface area contributed by atoms with Crippen molar-refractivity contribution in [3.63, 3.8) is 0 Å². The summed E-state index contributed by atoms with van der Waals surface area (Å²) >= 11 is 0. The lowest BCUT2D eigenvalue weighted by Crippen LogP contribution is -2.29. The van der Waals surface area contributed by atoms with Crippen molar-refractivity contribution in [2.45, 2.75) is 0 Å². The Kier molecular flexibility index (Phi) is 8.93. The molecule has 2 N–H and O–H groups in total. The highest BCUT2D eigenvalue weighted by atomic mass is 16.6. The van der Waals surface area contributed by atoms with E-state index in [1.165, 1.54) is 12.3 Å². The molecule has 0 spiro atoms. The smallest absolute Gasteiger partial charge is 0.475 e. The quantitative estimate of drug-likeness (QED) is 0.390. The van der Waals surface area contributed by atoms with Gasteiger partial charge in [0.1, 0.15) is 6.61 Å². The van der Waals surface area contributed by atoms with Crippen molar-refractivity contribution in [1.29, 1.82) is 0 Å². The molecule has 20 heavy (non-hydrogen) atoms. The Bertz CT molecular complexity index is 348. The number of methoxy groups -OCH3 is 1. The number of hydrogen-bond donors (Lipinski definition) is 2. The zero-order valence-electron chi connectivity index (χ0n) is 11.5. The molecule has 0 fully saturated rings. The molecule has 0 radical (unpaired) electrons. The molecule has 0 bridgehead atoms. The highest BCUT2D eigenvalue weighted by molar-refractivity contribution is 6.58. The van der Waals surface area contributed by atoms with Crippen LogP contribution in [0.1, 0.15) is 0 Å². The molecule has 0 atom stereocenters. The topological polar surface area (TPSA) is 90.3 Å². The van der Waals surface area contributed by atoms with E-state index in [4.69, 9.17) is 29.0 Å². The Hall–Kier alpha value is -1.19. The SMILES string of the molecule is COCCOCCOCCOc1ccc(B(O)O)cn1. The predicted octanol–water partition coefficient (Wildman–Crippen LogP) is -1.18. The third-order valence-electron chi connectivity index (χ3n) is 2.34. The van der Waals surface area contributed by atoms with Gasteiger partial charge < -0.3 is 29.0 Å². The second-order valence-electron chi connectivity index (χ2n) is 3.87. The fourth-order valence-corrected chi connectivity index (χ4v) is 1.30. The summed E-state index contributed by atoms with van der Waals surface area (Å²) in [6.07, 6.45) is 1.35. The standard InChI is InChI=1S/C12H20BNO6/c1-17-4-5-18-6-7-19-8-9-20-12-3-2-11(10-14-12)13(15)16/h2-3,10,15-16H,4-9H2,1H3. The van der Waals surface area contributed by atoms with Crippen LogP contribution >= 0.6 is 0 Å². The minimum Gasteiger partial charge on any atom is -0.475 e. The van der Waals surface area contributed by atoms with E-state index in [1.54, 1.807) is 13.2 Å². The first-order chi connectivity index (χ1) is 9.74. The predicted molar refractivity (Wildman–Crippen MR) is 73.1 cm³/mol. The monoisotopic (exact) mass is 285 g/mol. The molecule has 112 valence electrons. The molecule has 0 aliphatic rings. The molecule has 7 nitrogen and oxygen atoms in total. The summed E-state index contributed by atoms with van der Waals surface area (Å²) in [5, 5.41) is 17.8. The molecular formula is C12H20BNO6. The molecule has 1 rings (SSSR count). The lowest BCUT2D eigenvalue weighted by atomic mass is 9.82. The summed E-state index contributed by atoms with van der Waals surface area (Å²) < 4.78 is 20.7. The van der Waals surface area contributed by atoms with Crippen LogP contribution in [0.15, 0.2) is 18.3 Å². The lowest BCUT2D eigenvalue weighted by Gasteiger charge is -2.07. The van der Waals surface area contributed by atoms with E-state index in [0.717, 1.165) is 0 Å². The molecule has 1 aromatic heterocycles. The largest absolute Gasteiger partial charge is 0.490 e. The van der Waals surface area contributed by atoms with Gasteiger partial charge in [0.15, 0.2) is 0 Å². The van der Waals surface area contributed by atoms with Gasteiger partial charge in [0.2, 0.25) is 5.88 Å². The summed E-state index contributed by atoms with van der Waals surface area (Å²) in [6.45, 7) is 2.95. The van der Waals surface area contributed by atoms with Crippen LogP contribution in [0.4, 0.5) is 0 Å². The Morgan fingerprint density at radius 1 is 1.00 bits per heavy atom. The lowest BCUT2D eigenvalue weighted by molar-refractivity contribution is 0.0176. The molecule has 0 amide bonds. The molecule has 0 aromatic carbocycles. The van der Waals surface area contributed by atoms with Crippen LogP contribution < -0.4 is 10.2 Å². The maximum absolute atomic E-state index is 8.90. The maximum Gasteiger partial charge on any atom is 0.490 e. The van der Waals surface area contributed by atoms with Crippen molar-refractivity contribution in [2.75, 3.05) is 46.8 Å². The Balaban J connectivity index is 2.01. The van der Waals surface area contributed by atoms with Gasteiger partial charge in [0.05, 0.1) is 33.0 Å². The zero-order chi connectivity index (χ0) is 14.6. The second kappa shape index (κ2) is 10.6. The Morgan fingerprint density at radius 2 is 1.65 bits per heavy atom. The van der Waals surface area contributed by atoms with Crippen LogP contribution in [-0.2, 0) is 14.2 Å². The molecule has 0 unspecified atom stereocenters. The molecule has 0 aliphatic heterocycles. The highest BCUT2D eigenvalue weighted by Gasteiger charge is 2.10. The second-order valence-corrected chi connectivity index (χ2v) is 3.87. The molecule has 8 heteroatoms. The Morgan fingerprint density at radius 3 is 2.20 bits per heavy atom. The molecule has 1 heterocycles. The summed E-state index contributed by atoms with van der Waals surface area (Å²) in [6, 6.07) is 3.11. The third kappa shape index (κ3) is 7.42. The van der Waals surface area contributed by atoms with Gasteiger partial charge in [-0.05, 0) is 6.07 Å². The Labute approximate surface area is 118 Å². The molecule has 0 saturated heterocycles. The molecule has 0 saturated carbocycles. The first-order valence-corrected chi connectivity index (χ1v) is 6.33. The maximum atomic E-state index is 8.90. The van der Waals surface area contributed by atoms with Crippen molar-refractivity contribution in [2.24, 2.45) is 0 Å². The van der Waals surface area contributed by atoms with E-state index in [1.807, 2.05) is 0 Å². The van der Waals surface area contributed by atoms with E-state index in [0.29, 0.717) is 51.0 Å². The number of ether oxygens (including phenoxy) is 4. The summed E-state index contributed by atoms with van der Waals surface area (Å²) in [7, 11) is 0.108. The van der Waals surface area contributed by atoms with Gasteiger partial charge in [-0.25, -0.2) is 4.98 Å². The first kappa shape index (κ1) is 16.9. The molecular weight excluding hydrogens is 265 g/mol. The summed E-state index contributed by atoms with van der Waals surface area (Å²) in [5.41, 5.74) is 0.321. The average molecular weight is 285 g/mol. The number of aromatic nitrogens is 1. The van der Waals surface area contributed by atoms with Crippen LogP contribution in [0.5, 0.6) is 5.88 Å². The van der Waals surface area contributed by atoms with Gasteiger partial charge in [-0.3, -0.25) is 0 Å². The summed E-state index contributed by atoms with van der Waals surface area (Å²) in [5.74, 6) is 0.411. The van der Waals surface area contributed by atoms with Crippen LogP contribution in [0.2, 0.25) is 0 Å². The molecule has 0 aliphatic carbocycles. The highest BCUT2D eigenvalue weighted by Crippen LogP contribution is 2.02. The van der Waals surface area contributed by atoms with Crippen molar-refractivity contribution >= 4 is 12.6 Å². The van der Waals surface area contributed by atoms with E-state index >= 15 is 0 Å². The number of pyridine rings is 1. The van der Waals surface area contributed by atoms with Crippen molar-refractivity contribution in [3.05, 3.63) is 18.3 Å². The molecule has 1 aromatic rings. The van der Waals surface area contributed by atoms with E-state index in [-0.39, 0.29) is 0 Å². The van der Waals surface area contributed by atoms with Crippen LogP contribution in [-0.4, -0.2) is 68.9 Å². The van der Waals surface area contributed by atoms with Crippen molar-refractivity contribution in [1.82, 2.24) is 4.98 Å². The summed E-state index contributed by atoms with van der Waals surface area (Å²) in [4.78, 5) is 3.93. The fraction of sp³-hybridized carbons (Fsp3) is 0.583. The van der Waals surface area contributed by atoms with Gasteiger partial charge in [0.25, 0.3) is 0 Å². The number of rotatable bonds is 11. The van der Waals surface area contributed by atoms with Crippen molar-refractivity contribution < 1.29 is 29.0 Å². The van der Waals surface area contributed by atoms with Crippen LogP contribution in [0.25, 0.3) is 0 Å². The van der Waals surface area contributed by atoms with Gasteiger partial charge in [-0.2, -0.15) is 0 Å². The fourth-order valence-electron chi connectivity index (χ4n) is 1.30. The average Bonchev–Trinajstić information content (AvgIpc) is 2.46. The number of hydrogen-bond acceptors (Lipinski definition) is 7. The normalized spacial score (nSPS) is 10.6. The van der Waals surface area contributed by atoms with Gasteiger partial charge >= 0.3 is 7.12 Å². The minimum absolute atomic E-state index is 0.321. The minimum atomic E-state index is -1.52. The first-order valence-electron chi connectivity index (χ1n) is 6.33. The van der Waals surface area contributed by atoms with Gasteiger partial charge in [0, 0.05) is 18.8 Å². The number of nitrogens with zero attached hydrogens (tertiary/aromatic N) is 1. The zero-order valence-corrected chi connectivity index (χ0v) is 11.5. The van der Waals surface area contributed by atoms with E-state index < -0.39 is 7.12 Å². The third-order valence-corrected chi connectivity index (χ3v) is 2.34. The van der Waals surface area contributed by atoms with E-state index in [2.05, 4.69) is 4.98 Å². The van der Waals surface area contributed by atoms with Gasteiger partial charge in [-0.1, -0.05) is 6.07 Å². The van der Waals surface area contributed by atoms with Crippen molar-refractivity contribution in [3.8, 4) is 5.88 Å².